The highest BCUT2D eigenvalue weighted by Gasteiger charge is 2.11. The van der Waals surface area contributed by atoms with Crippen LogP contribution in [0.3, 0.4) is 0 Å². The van der Waals surface area contributed by atoms with Gasteiger partial charge in [-0.3, -0.25) is 0 Å². The van der Waals surface area contributed by atoms with Crippen molar-refractivity contribution in [3.63, 3.8) is 0 Å². The first kappa shape index (κ1) is 12.6. The minimum atomic E-state index is 0.654. The zero-order chi connectivity index (χ0) is 11.9. The predicted molar refractivity (Wildman–Crippen MR) is 71.3 cm³/mol. The van der Waals surface area contributed by atoms with Crippen molar-refractivity contribution in [3.8, 4) is 0 Å². The third-order valence-electron chi connectivity index (χ3n) is 3.54. The molecule has 2 nitrogen and oxygen atoms in total. The molecule has 0 bridgehead atoms. The van der Waals surface area contributed by atoms with E-state index in [1.165, 1.54) is 24.0 Å². The molecule has 1 aromatic rings. The quantitative estimate of drug-likeness (QED) is 0.863. The van der Waals surface area contributed by atoms with Crippen molar-refractivity contribution in [2.75, 3.05) is 19.8 Å². The average molecular weight is 233 g/mol. The van der Waals surface area contributed by atoms with Gasteiger partial charge in [0, 0.05) is 19.3 Å². The van der Waals surface area contributed by atoms with Crippen LogP contribution in [0, 0.1) is 6.92 Å². The minimum Gasteiger partial charge on any atom is -0.381 e. The van der Waals surface area contributed by atoms with Gasteiger partial charge in [-0.15, -0.1) is 0 Å². The summed E-state index contributed by atoms with van der Waals surface area (Å²) in [4.78, 5) is 0. The van der Waals surface area contributed by atoms with Crippen LogP contribution in [0.4, 0.5) is 0 Å². The first-order valence-corrected chi connectivity index (χ1v) is 6.72. The van der Waals surface area contributed by atoms with Gasteiger partial charge in [0.1, 0.15) is 0 Å². The van der Waals surface area contributed by atoms with Gasteiger partial charge < -0.3 is 10.1 Å². The van der Waals surface area contributed by atoms with Gasteiger partial charge in [-0.25, -0.2) is 0 Å². The molecule has 1 N–H and O–H groups in total. The second-order valence-electron chi connectivity index (χ2n) is 4.87. The molecular formula is C15H23NO. The van der Waals surface area contributed by atoms with Crippen LogP contribution in [0.25, 0.3) is 0 Å². The molecule has 1 aromatic carbocycles. The van der Waals surface area contributed by atoms with Gasteiger partial charge in [0.2, 0.25) is 0 Å². The fraction of sp³-hybridized carbons (Fsp3) is 0.600. The number of aryl methyl sites for hydroxylation is 1. The molecule has 1 atom stereocenters. The summed E-state index contributed by atoms with van der Waals surface area (Å²) < 4.78 is 5.47. The van der Waals surface area contributed by atoms with Gasteiger partial charge in [0.05, 0.1) is 0 Å². The van der Waals surface area contributed by atoms with Gasteiger partial charge >= 0.3 is 0 Å². The van der Waals surface area contributed by atoms with E-state index in [0.29, 0.717) is 6.04 Å². The van der Waals surface area contributed by atoms with Crippen LogP contribution in [-0.2, 0) is 11.2 Å². The molecule has 17 heavy (non-hydrogen) atoms. The topological polar surface area (TPSA) is 21.3 Å². The average Bonchev–Trinajstić information content (AvgIpc) is 2.60. The Bertz CT molecular complexity index is 329. The highest BCUT2D eigenvalue weighted by molar-refractivity contribution is 5.25. The van der Waals surface area contributed by atoms with E-state index in [4.69, 9.17) is 4.74 Å². The predicted octanol–water partition coefficient (Wildman–Crippen LogP) is 2.70. The molecular weight excluding hydrogens is 210 g/mol. The molecule has 2 heteroatoms. The maximum atomic E-state index is 5.47. The normalized spacial score (nSPS) is 21.1. The Morgan fingerprint density at radius 2 is 2.12 bits per heavy atom. The summed E-state index contributed by atoms with van der Waals surface area (Å²) in [5, 5.41) is 3.66. The molecule has 1 heterocycles. The van der Waals surface area contributed by atoms with Crippen molar-refractivity contribution in [1.29, 1.82) is 0 Å². The van der Waals surface area contributed by atoms with E-state index < -0.39 is 0 Å². The fourth-order valence-corrected chi connectivity index (χ4v) is 2.41. The van der Waals surface area contributed by atoms with Gasteiger partial charge in [0.25, 0.3) is 0 Å². The summed E-state index contributed by atoms with van der Waals surface area (Å²) in [5.41, 5.74) is 2.86. The summed E-state index contributed by atoms with van der Waals surface area (Å²) >= 11 is 0. The first-order valence-electron chi connectivity index (χ1n) is 6.72. The molecule has 1 fully saturated rings. The zero-order valence-corrected chi connectivity index (χ0v) is 10.7. The Kier molecular flexibility index (Phi) is 5.02. The van der Waals surface area contributed by atoms with Crippen molar-refractivity contribution in [2.24, 2.45) is 0 Å². The molecule has 0 aromatic heterocycles. The molecule has 1 saturated heterocycles. The zero-order valence-electron chi connectivity index (χ0n) is 10.7. The summed E-state index contributed by atoms with van der Waals surface area (Å²) in [6.45, 7) is 5.13. The van der Waals surface area contributed by atoms with Crippen molar-refractivity contribution < 1.29 is 4.74 Å². The lowest BCUT2D eigenvalue weighted by Gasteiger charge is -2.15. The Balaban J connectivity index is 1.73. The van der Waals surface area contributed by atoms with Gasteiger partial charge in [-0.2, -0.15) is 0 Å². The van der Waals surface area contributed by atoms with E-state index in [1.807, 2.05) is 0 Å². The second kappa shape index (κ2) is 6.77. The molecule has 1 unspecified atom stereocenters. The van der Waals surface area contributed by atoms with E-state index in [1.54, 1.807) is 0 Å². The van der Waals surface area contributed by atoms with E-state index in [2.05, 4.69) is 36.5 Å². The number of hydrogen-bond acceptors (Lipinski definition) is 2. The van der Waals surface area contributed by atoms with Crippen LogP contribution in [0.2, 0.25) is 0 Å². The fourth-order valence-electron chi connectivity index (χ4n) is 2.41. The molecule has 94 valence electrons. The number of nitrogens with one attached hydrogen (secondary N) is 1. The maximum Gasteiger partial charge on any atom is 0.0480 e. The largest absolute Gasteiger partial charge is 0.381 e. The highest BCUT2D eigenvalue weighted by atomic mass is 16.5. The Hall–Kier alpha value is -0.860. The van der Waals surface area contributed by atoms with Crippen LogP contribution in [-0.4, -0.2) is 25.8 Å². The maximum absolute atomic E-state index is 5.47. The number of rotatable bonds is 4. The Morgan fingerprint density at radius 1 is 1.24 bits per heavy atom. The van der Waals surface area contributed by atoms with E-state index in [0.717, 1.165) is 32.6 Å². The van der Waals surface area contributed by atoms with Crippen molar-refractivity contribution in [2.45, 2.75) is 38.6 Å². The molecule has 0 aliphatic carbocycles. The molecule has 1 aliphatic heterocycles. The smallest absolute Gasteiger partial charge is 0.0480 e. The number of ether oxygens (including phenoxy) is 1. The molecule has 0 radical (unpaired) electrons. The second-order valence-corrected chi connectivity index (χ2v) is 4.87. The summed E-state index contributed by atoms with van der Waals surface area (Å²) in [7, 11) is 0. The van der Waals surface area contributed by atoms with Gasteiger partial charge in [-0.1, -0.05) is 24.3 Å². The molecule has 0 spiro atoms. The third kappa shape index (κ3) is 4.14. The minimum absolute atomic E-state index is 0.654. The number of hydrogen-bond donors (Lipinski definition) is 1. The lowest BCUT2D eigenvalue weighted by atomic mass is 10.1. The molecule has 2 rings (SSSR count). The van der Waals surface area contributed by atoms with E-state index in [9.17, 15) is 0 Å². The summed E-state index contributed by atoms with van der Waals surface area (Å²) in [6.07, 6.45) is 4.74. The molecule has 0 saturated carbocycles. The number of benzene rings is 1. The highest BCUT2D eigenvalue weighted by Crippen LogP contribution is 2.10. The lowest BCUT2D eigenvalue weighted by molar-refractivity contribution is 0.142. The summed E-state index contributed by atoms with van der Waals surface area (Å²) in [6, 6.07) is 9.31. The van der Waals surface area contributed by atoms with Crippen molar-refractivity contribution >= 4 is 0 Å². The van der Waals surface area contributed by atoms with Crippen LogP contribution < -0.4 is 5.32 Å². The van der Waals surface area contributed by atoms with Crippen LogP contribution in [0.1, 0.15) is 30.4 Å². The third-order valence-corrected chi connectivity index (χ3v) is 3.54. The Morgan fingerprint density at radius 3 is 3.00 bits per heavy atom. The van der Waals surface area contributed by atoms with Crippen molar-refractivity contribution in [1.82, 2.24) is 5.32 Å². The van der Waals surface area contributed by atoms with Crippen LogP contribution in [0.15, 0.2) is 24.3 Å². The van der Waals surface area contributed by atoms with Crippen LogP contribution in [0.5, 0.6) is 0 Å². The van der Waals surface area contributed by atoms with Crippen LogP contribution >= 0.6 is 0 Å². The SMILES string of the molecule is Cc1ccccc1CCNC1CCCOCC1. The summed E-state index contributed by atoms with van der Waals surface area (Å²) in [5.74, 6) is 0. The van der Waals surface area contributed by atoms with E-state index >= 15 is 0 Å². The molecule has 1 aliphatic rings. The molecule has 0 amide bonds. The van der Waals surface area contributed by atoms with Gasteiger partial charge in [-0.05, 0) is 50.3 Å². The Labute approximate surface area is 104 Å². The first-order chi connectivity index (χ1) is 8.36. The van der Waals surface area contributed by atoms with Gasteiger partial charge in [0.15, 0.2) is 0 Å². The van der Waals surface area contributed by atoms with E-state index in [-0.39, 0.29) is 0 Å². The standard InChI is InChI=1S/C15H23NO/c1-13-5-2-3-6-14(13)8-10-16-15-7-4-11-17-12-9-15/h2-3,5-6,15-16H,4,7-12H2,1H3. The van der Waals surface area contributed by atoms with Crippen molar-refractivity contribution in [3.05, 3.63) is 35.4 Å². The monoisotopic (exact) mass is 233 g/mol. The lowest BCUT2D eigenvalue weighted by Crippen LogP contribution is -2.31.